The molecule has 0 N–H and O–H groups in total. The molecule has 0 saturated heterocycles. The van der Waals surface area contributed by atoms with E-state index in [2.05, 4.69) is 11.1 Å². The molecule has 0 aliphatic carbocycles. The van der Waals surface area contributed by atoms with Crippen molar-refractivity contribution in [3.63, 3.8) is 0 Å². The first-order valence-corrected chi connectivity index (χ1v) is 5.78. The van der Waals surface area contributed by atoms with Crippen molar-refractivity contribution in [2.75, 3.05) is 14.2 Å². The Morgan fingerprint density at radius 2 is 2.00 bits per heavy atom. The maximum atomic E-state index is 9.03. The second-order valence-electron chi connectivity index (χ2n) is 4.11. The number of ether oxygens (including phenoxy) is 2. The fourth-order valence-electron chi connectivity index (χ4n) is 1.91. The van der Waals surface area contributed by atoms with Gasteiger partial charge in [-0.2, -0.15) is 5.26 Å². The Bertz CT molecular complexity index is 653. The van der Waals surface area contributed by atoms with Crippen molar-refractivity contribution in [2.24, 2.45) is 7.05 Å². The summed E-state index contributed by atoms with van der Waals surface area (Å²) in [4.78, 5) is 4.34. The predicted molar refractivity (Wildman–Crippen MR) is 71.2 cm³/mol. The quantitative estimate of drug-likeness (QED) is 0.846. The van der Waals surface area contributed by atoms with Gasteiger partial charge < -0.3 is 14.0 Å². The molecule has 5 nitrogen and oxygen atoms in total. The number of rotatable bonds is 3. The highest BCUT2D eigenvalue weighted by Gasteiger charge is 2.16. The number of hydrogen-bond acceptors (Lipinski definition) is 4. The molecular formula is C14H15N3O2. The Kier molecular flexibility index (Phi) is 3.43. The van der Waals surface area contributed by atoms with Gasteiger partial charge in [-0.3, -0.25) is 0 Å². The van der Waals surface area contributed by atoms with Crippen molar-refractivity contribution >= 4 is 0 Å². The molecule has 98 valence electrons. The third-order valence-corrected chi connectivity index (χ3v) is 3.14. The minimum absolute atomic E-state index is 0.426. The number of methoxy groups -OCH3 is 2. The Morgan fingerprint density at radius 1 is 1.26 bits per heavy atom. The van der Waals surface area contributed by atoms with Crippen LogP contribution in [-0.4, -0.2) is 23.8 Å². The average Bonchev–Trinajstić information content (AvgIpc) is 2.74. The maximum Gasteiger partial charge on any atom is 0.162 e. The third kappa shape index (κ3) is 2.13. The second kappa shape index (κ2) is 5.02. The minimum Gasteiger partial charge on any atom is -0.497 e. The molecule has 0 aliphatic rings. The SMILES string of the molecule is COc1ccc(-c2nc(C#N)c(C)n2C)c(OC)c1. The van der Waals surface area contributed by atoms with E-state index in [1.54, 1.807) is 20.3 Å². The van der Waals surface area contributed by atoms with Crippen molar-refractivity contribution in [1.29, 1.82) is 5.26 Å². The van der Waals surface area contributed by atoms with E-state index in [0.717, 1.165) is 11.3 Å². The Balaban J connectivity index is 2.62. The van der Waals surface area contributed by atoms with E-state index >= 15 is 0 Å². The highest BCUT2D eigenvalue weighted by Crippen LogP contribution is 2.33. The zero-order chi connectivity index (χ0) is 14.0. The Labute approximate surface area is 112 Å². The van der Waals surface area contributed by atoms with E-state index in [-0.39, 0.29) is 0 Å². The van der Waals surface area contributed by atoms with Gasteiger partial charge in [-0.1, -0.05) is 0 Å². The van der Waals surface area contributed by atoms with Gasteiger partial charge >= 0.3 is 0 Å². The summed E-state index contributed by atoms with van der Waals surface area (Å²) in [5, 5.41) is 9.03. The first-order chi connectivity index (χ1) is 9.12. The van der Waals surface area contributed by atoms with E-state index in [4.69, 9.17) is 14.7 Å². The van der Waals surface area contributed by atoms with Crippen LogP contribution in [0.4, 0.5) is 0 Å². The molecule has 0 bridgehead atoms. The number of nitriles is 1. The Morgan fingerprint density at radius 3 is 2.53 bits per heavy atom. The van der Waals surface area contributed by atoms with Crippen LogP contribution in [0, 0.1) is 18.3 Å². The molecule has 0 spiro atoms. The molecule has 0 saturated carbocycles. The lowest BCUT2D eigenvalue weighted by Crippen LogP contribution is -1.97. The summed E-state index contributed by atoms with van der Waals surface area (Å²) < 4.78 is 12.4. The molecule has 5 heteroatoms. The summed E-state index contributed by atoms with van der Waals surface area (Å²) >= 11 is 0. The summed E-state index contributed by atoms with van der Waals surface area (Å²) in [6.45, 7) is 1.87. The molecule has 0 amide bonds. The molecule has 0 atom stereocenters. The summed E-state index contributed by atoms with van der Waals surface area (Å²) in [5.74, 6) is 2.08. The van der Waals surface area contributed by atoms with E-state index in [1.165, 1.54) is 0 Å². The van der Waals surface area contributed by atoms with Gasteiger partial charge in [0, 0.05) is 13.1 Å². The fourth-order valence-corrected chi connectivity index (χ4v) is 1.91. The molecule has 1 heterocycles. The van der Waals surface area contributed by atoms with E-state index < -0.39 is 0 Å². The van der Waals surface area contributed by atoms with Gasteiger partial charge in [-0.05, 0) is 19.1 Å². The third-order valence-electron chi connectivity index (χ3n) is 3.14. The van der Waals surface area contributed by atoms with Crippen molar-refractivity contribution in [3.8, 4) is 29.0 Å². The lowest BCUT2D eigenvalue weighted by atomic mass is 10.2. The summed E-state index contributed by atoms with van der Waals surface area (Å²) in [6.07, 6.45) is 0. The average molecular weight is 257 g/mol. The summed E-state index contributed by atoms with van der Waals surface area (Å²) in [6, 6.07) is 7.60. The van der Waals surface area contributed by atoms with Crippen LogP contribution in [0.3, 0.4) is 0 Å². The predicted octanol–water partition coefficient (Wildman–Crippen LogP) is 2.28. The first kappa shape index (κ1) is 13.0. The van der Waals surface area contributed by atoms with Gasteiger partial charge in [0.25, 0.3) is 0 Å². The number of nitrogens with zero attached hydrogens (tertiary/aromatic N) is 3. The Hall–Kier alpha value is -2.48. The van der Waals surface area contributed by atoms with Gasteiger partial charge in [-0.25, -0.2) is 4.98 Å². The van der Waals surface area contributed by atoms with Crippen LogP contribution in [0.5, 0.6) is 11.5 Å². The highest BCUT2D eigenvalue weighted by atomic mass is 16.5. The largest absolute Gasteiger partial charge is 0.497 e. The van der Waals surface area contributed by atoms with Crippen LogP contribution in [0.15, 0.2) is 18.2 Å². The second-order valence-corrected chi connectivity index (χ2v) is 4.11. The molecule has 0 unspecified atom stereocenters. The zero-order valence-electron chi connectivity index (χ0n) is 11.4. The minimum atomic E-state index is 0.426. The van der Waals surface area contributed by atoms with Crippen molar-refractivity contribution < 1.29 is 9.47 Å². The van der Waals surface area contributed by atoms with E-state index in [0.29, 0.717) is 23.0 Å². The van der Waals surface area contributed by atoms with Gasteiger partial charge in [-0.15, -0.1) is 0 Å². The monoisotopic (exact) mass is 257 g/mol. The van der Waals surface area contributed by atoms with Gasteiger partial charge in [0.2, 0.25) is 0 Å². The maximum absolute atomic E-state index is 9.03. The smallest absolute Gasteiger partial charge is 0.162 e. The molecule has 2 aromatic rings. The van der Waals surface area contributed by atoms with E-state index in [9.17, 15) is 0 Å². The molecule has 0 radical (unpaired) electrons. The molecule has 0 fully saturated rings. The molecule has 0 aliphatic heterocycles. The standard InChI is InChI=1S/C14H15N3O2/c1-9-12(8-15)16-14(17(9)2)11-6-5-10(18-3)7-13(11)19-4/h5-7H,1-4H3. The summed E-state index contributed by atoms with van der Waals surface area (Å²) in [5.41, 5.74) is 2.08. The number of benzene rings is 1. The fraction of sp³-hybridized carbons (Fsp3) is 0.286. The van der Waals surface area contributed by atoms with Crippen LogP contribution in [-0.2, 0) is 7.05 Å². The van der Waals surface area contributed by atoms with Gasteiger partial charge in [0.05, 0.1) is 25.5 Å². The molecular weight excluding hydrogens is 242 g/mol. The van der Waals surface area contributed by atoms with Crippen molar-refractivity contribution in [1.82, 2.24) is 9.55 Å². The van der Waals surface area contributed by atoms with Crippen LogP contribution in [0.2, 0.25) is 0 Å². The number of hydrogen-bond donors (Lipinski definition) is 0. The number of imidazole rings is 1. The van der Waals surface area contributed by atoms with Crippen molar-refractivity contribution in [3.05, 3.63) is 29.6 Å². The first-order valence-electron chi connectivity index (χ1n) is 5.78. The lowest BCUT2D eigenvalue weighted by molar-refractivity contribution is 0.395. The van der Waals surface area contributed by atoms with Crippen molar-refractivity contribution in [2.45, 2.75) is 6.92 Å². The normalized spacial score (nSPS) is 10.1. The summed E-state index contributed by atoms with van der Waals surface area (Å²) in [7, 11) is 5.08. The van der Waals surface area contributed by atoms with E-state index in [1.807, 2.05) is 30.7 Å². The topological polar surface area (TPSA) is 60.1 Å². The van der Waals surface area contributed by atoms with Gasteiger partial charge in [0.15, 0.2) is 5.69 Å². The van der Waals surface area contributed by atoms with Crippen LogP contribution < -0.4 is 9.47 Å². The number of aromatic nitrogens is 2. The van der Waals surface area contributed by atoms with Crippen LogP contribution in [0.25, 0.3) is 11.4 Å². The highest BCUT2D eigenvalue weighted by molar-refractivity contribution is 5.67. The molecule has 2 rings (SSSR count). The van der Waals surface area contributed by atoms with Crippen LogP contribution >= 0.6 is 0 Å². The van der Waals surface area contributed by atoms with Crippen LogP contribution in [0.1, 0.15) is 11.4 Å². The lowest BCUT2D eigenvalue weighted by Gasteiger charge is -2.10. The molecule has 19 heavy (non-hydrogen) atoms. The van der Waals surface area contributed by atoms with Gasteiger partial charge in [0.1, 0.15) is 23.4 Å². The zero-order valence-corrected chi connectivity index (χ0v) is 11.4. The molecule has 1 aromatic heterocycles. The molecule has 1 aromatic carbocycles.